The molecule has 2 atom stereocenters. The molecule has 0 aliphatic carbocycles. The molecule has 0 rings (SSSR count). The summed E-state index contributed by atoms with van der Waals surface area (Å²) in [5.41, 5.74) is -1.46. The Bertz CT molecular complexity index is 322. The highest BCUT2D eigenvalue weighted by Gasteiger charge is 2.52. The zero-order valence-corrected chi connectivity index (χ0v) is 13.6. The van der Waals surface area contributed by atoms with Crippen LogP contribution in [0, 0.1) is 11.3 Å². The summed E-state index contributed by atoms with van der Waals surface area (Å²) in [6.45, 7) is 11.6. The molecule has 0 radical (unpaired) electrons. The van der Waals surface area contributed by atoms with Crippen LogP contribution in [0.5, 0.6) is 0 Å². The number of thioether (sulfide) groups is 1. The number of hydrogen-bond donors (Lipinski definition) is 1. The van der Waals surface area contributed by atoms with E-state index >= 15 is 0 Å². The first kappa shape index (κ1) is 18.3. The normalized spacial score (nSPS) is 16.5. The third kappa shape index (κ3) is 4.71. The van der Waals surface area contributed by atoms with E-state index in [1.54, 1.807) is 13.8 Å². The van der Waals surface area contributed by atoms with Crippen LogP contribution >= 0.6 is 11.8 Å². The van der Waals surface area contributed by atoms with Crippen molar-refractivity contribution in [2.75, 3.05) is 12.4 Å². The van der Waals surface area contributed by atoms with E-state index in [-0.39, 0.29) is 23.0 Å². The van der Waals surface area contributed by atoms with Gasteiger partial charge in [0.1, 0.15) is 0 Å². The Kier molecular flexibility index (Phi) is 6.91. The number of esters is 1. The van der Waals surface area contributed by atoms with E-state index in [4.69, 9.17) is 4.74 Å². The second-order valence-corrected chi connectivity index (χ2v) is 7.51. The smallest absolute Gasteiger partial charge is 0.324 e. The van der Waals surface area contributed by atoms with Gasteiger partial charge in [0, 0.05) is 10.5 Å². The van der Waals surface area contributed by atoms with Crippen molar-refractivity contribution >= 4 is 23.7 Å². The van der Waals surface area contributed by atoms with Crippen molar-refractivity contribution in [2.45, 2.75) is 52.7 Å². The minimum atomic E-state index is -1.46. The topological polar surface area (TPSA) is 63.6 Å². The molecule has 0 aromatic rings. The molecule has 0 amide bonds. The van der Waals surface area contributed by atoms with Gasteiger partial charge in [0.25, 0.3) is 0 Å². The molecule has 0 saturated carbocycles. The lowest BCUT2D eigenvalue weighted by molar-refractivity contribution is -0.170. The van der Waals surface area contributed by atoms with Gasteiger partial charge < -0.3 is 9.84 Å². The van der Waals surface area contributed by atoms with Gasteiger partial charge in [-0.15, -0.1) is 0 Å². The van der Waals surface area contributed by atoms with Crippen molar-refractivity contribution in [1.29, 1.82) is 0 Å². The van der Waals surface area contributed by atoms with Crippen LogP contribution in [0.2, 0.25) is 0 Å². The molecule has 0 aliphatic rings. The molecular formula is C14H26O4S. The molecule has 4 nitrogen and oxygen atoms in total. The van der Waals surface area contributed by atoms with Crippen molar-refractivity contribution < 1.29 is 19.4 Å². The fraction of sp³-hybridized carbons (Fsp3) is 0.857. The molecular weight excluding hydrogens is 264 g/mol. The van der Waals surface area contributed by atoms with Gasteiger partial charge in [0.05, 0.1) is 6.61 Å². The molecule has 0 saturated heterocycles. The zero-order chi connectivity index (χ0) is 15.3. The Morgan fingerprint density at radius 1 is 1.26 bits per heavy atom. The number of carbonyl (C=O) groups excluding carboxylic acids is 1. The van der Waals surface area contributed by atoms with E-state index in [0.29, 0.717) is 6.42 Å². The monoisotopic (exact) mass is 290 g/mol. The highest BCUT2D eigenvalue weighted by Crippen LogP contribution is 2.39. The van der Waals surface area contributed by atoms with E-state index in [2.05, 4.69) is 0 Å². The average Bonchev–Trinajstić information content (AvgIpc) is 2.27. The fourth-order valence-corrected chi connectivity index (χ4v) is 2.89. The third-order valence-electron chi connectivity index (χ3n) is 3.21. The average molecular weight is 290 g/mol. The van der Waals surface area contributed by atoms with Crippen LogP contribution in [-0.2, 0) is 14.3 Å². The van der Waals surface area contributed by atoms with E-state index in [0.717, 1.165) is 0 Å². The van der Waals surface area contributed by atoms with Crippen LogP contribution in [0.25, 0.3) is 0 Å². The number of rotatable bonds is 7. The van der Waals surface area contributed by atoms with Crippen LogP contribution in [0.4, 0.5) is 0 Å². The van der Waals surface area contributed by atoms with Crippen LogP contribution in [-0.4, -0.2) is 34.2 Å². The SMILES string of the molecule is CCOC(=O)[C@@](CSC(C)(C)C)(C(=O)O)C(C)CC. The van der Waals surface area contributed by atoms with Gasteiger partial charge >= 0.3 is 11.9 Å². The van der Waals surface area contributed by atoms with Crippen LogP contribution in [0.1, 0.15) is 48.0 Å². The maximum atomic E-state index is 12.2. The Labute approximate surface area is 120 Å². The van der Waals surface area contributed by atoms with Gasteiger partial charge in [-0.3, -0.25) is 9.59 Å². The standard InChI is InChI=1S/C14H26O4S/c1-7-10(3)14(11(15)16,12(17)18-8-2)9-19-13(4,5)6/h10H,7-9H2,1-6H3,(H,15,16)/t10?,14-/m1/s1. The first-order chi connectivity index (χ1) is 8.61. The maximum Gasteiger partial charge on any atom is 0.324 e. The van der Waals surface area contributed by atoms with Crippen molar-refractivity contribution in [3.05, 3.63) is 0 Å². The van der Waals surface area contributed by atoms with Crippen LogP contribution < -0.4 is 0 Å². The molecule has 0 spiro atoms. The van der Waals surface area contributed by atoms with Crippen molar-refractivity contribution in [2.24, 2.45) is 11.3 Å². The fourth-order valence-electron chi connectivity index (χ4n) is 1.70. The summed E-state index contributed by atoms with van der Waals surface area (Å²) in [7, 11) is 0. The summed E-state index contributed by atoms with van der Waals surface area (Å²) in [6.07, 6.45) is 0.621. The van der Waals surface area contributed by atoms with Crippen molar-refractivity contribution in [3.8, 4) is 0 Å². The molecule has 112 valence electrons. The Morgan fingerprint density at radius 2 is 1.79 bits per heavy atom. The lowest BCUT2D eigenvalue weighted by atomic mass is 9.76. The van der Waals surface area contributed by atoms with Gasteiger partial charge in [-0.1, -0.05) is 41.0 Å². The van der Waals surface area contributed by atoms with Gasteiger partial charge in [-0.05, 0) is 12.8 Å². The largest absolute Gasteiger partial charge is 0.480 e. The number of carbonyl (C=O) groups is 2. The first-order valence-electron chi connectivity index (χ1n) is 6.66. The van der Waals surface area contributed by atoms with Crippen molar-refractivity contribution in [1.82, 2.24) is 0 Å². The summed E-state index contributed by atoms with van der Waals surface area (Å²) >= 11 is 1.49. The quantitative estimate of drug-likeness (QED) is 0.576. The highest BCUT2D eigenvalue weighted by molar-refractivity contribution is 8.00. The molecule has 1 N–H and O–H groups in total. The van der Waals surface area contributed by atoms with E-state index in [9.17, 15) is 14.7 Å². The molecule has 1 unspecified atom stereocenters. The predicted molar refractivity (Wildman–Crippen MR) is 78.4 cm³/mol. The van der Waals surface area contributed by atoms with Crippen LogP contribution in [0.3, 0.4) is 0 Å². The van der Waals surface area contributed by atoms with Crippen molar-refractivity contribution in [3.63, 3.8) is 0 Å². The lowest BCUT2D eigenvalue weighted by Crippen LogP contribution is -2.48. The zero-order valence-electron chi connectivity index (χ0n) is 12.8. The molecule has 0 aromatic heterocycles. The lowest BCUT2D eigenvalue weighted by Gasteiger charge is -2.34. The summed E-state index contributed by atoms with van der Waals surface area (Å²) < 4.78 is 4.93. The molecule has 0 bridgehead atoms. The Morgan fingerprint density at radius 3 is 2.11 bits per heavy atom. The minimum absolute atomic E-state index is 0.0966. The maximum absolute atomic E-state index is 12.2. The second-order valence-electron chi connectivity index (χ2n) is 5.71. The van der Waals surface area contributed by atoms with E-state index < -0.39 is 17.4 Å². The summed E-state index contributed by atoms with van der Waals surface area (Å²) in [5.74, 6) is -1.73. The Hall–Kier alpha value is -0.710. The minimum Gasteiger partial charge on any atom is -0.480 e. The number of ether oxygens (including phenoxy) is 1. The second kappa shape index (κ2) is 7.17. The Balaban J connectivity index is 5.39. The number of hydrogen-bond acceptors (Lipinski definition) is 4. The summed E-state index contributed by atoms with van der Waals surface area (Å²) in [6, 6.07) is 0. The van der Waals surface area contributed by atoms with Gasteiger partial charge in [0.15, 0.2) is 5.41 Å². The third-order valence-corrected chi connectivity index (χ3v) is 4.67. The van der Waals surface area contributed by atoms with E-state index in [1.165, 1.54) is 11.8 Å². The molecule has 0 aromatic carbocycles. The van der Waals surface area contributed by atoms with Gasteiger partial charge in [-0.25, -0.2) is 0 Å². The molecule has 0 fully saturated rings. The number of aliphatic carboxylic acids is 1. The van der Waals surface area contributed by atoms with Crippen LogP contribution in [0.15, 0.2) is 0 Å². The predicted octanol–water partition coefficient (Wildman–Crippen LogP) is 3.20. The molecule has 19 heavy (non-hydrogen) atoms. The van der Waals surface area contributed by atoms with Gasteiger partial charge in [0.2, 0.25) is 0 Å². The van der Waals surface area contributed by atoms with E-state index in [1.807, 2.05) is 27.7 Å². The molecule has 0 aliphatic heterocycles. The number of carboxylic acid groups (broad SMARTS) is 1. The summed E-state index contributed by atoms with van der Waals surface area (Å²) in [5, 5.41) is 9.61. The summed E-state index contributed by atoms with van der Waals surface area (Å²) in [4.78, 5) is 23.9. The van der Waals surface area contributed by atoms with Gasteiger partial charge in [-0.2, -0.15) is 11.8 Å². The highest BCUT2D eigenvalue weighted by atomic mass is 32.2. The first-order valence-corrected chi connectivity index (χ1v) is 7.65. The molecule has 5 heteroatoms. The molecule has 0 heterocycles. The number of carboxylic acids is 1.